The lowest BCUT2D eigenvalue weighted by molar-refractivity contribution is -0.122. The van der Waals surface area contributed by atoms with Crippen LogP contribution in [0.2, 0.25) is 5.02 Å². The standard InChI is InChI=1S/C23H18ClN3O3/c1-14-8-10-16(11-9-14)26-12-4-5-17(26)13-18-21(28)25-23(30)27(22(18)29)20-7-3-6-19(24)15(20)2/h3-13H,1-2H3,(H,25,28,30)/b18-13+. The summed E-state index contributed by atoms with van der Waals surface area (Å²) in [5.41, 5.74) is 3.41. The minimum Gasteiger partial charge on any atom is -0.317 e. The van der Waals surface area contributed by atoms with Gasteiger partial charge in [0.2, 0.25) is 0 Å². The molecule has 0 saturated carbocycles. The number of aromatic nitrogens is 1. The number of benzene rings is 2. The maximum absolute atomic E-state index is 13.2. The smallest absolute Gasteiger partial charge is 0.317 e. The number of carbonyl (C=O) groups excluding carboxylic acids is 3. The molecule has 0 spiro atoms. The molecular formula is C23H18ClN3O3. The molecule has 7 heteroatoms. The third-order valence-corrected chi connectivity index (χ3v) is 5.38. The SMILES string of the molecule is Cc1ccc(-n2cccc2/C=C2\C(=O)NC(=O)N(c3cccc(Cl)c3C)C2=O)cc1. The summed E-state index contributed by atoms with van der Waals surface area (Å²) < 4.78 is 1.86. The van der Waals surface area contributed by atoms with Crippen molar-refractivity contribution < 1.29 is 14.4 Å². The minimum absolute atomic E-state index is 0.138. The number of barbiturate groups is 1. The van der Waals surface area contributed by atoms with E-state index in [2.05, 4.69) is 5.32 Å². The van der Waals surface area contributed by atoms with Crippen LogP contribution in [-0.2, 0) is 9.59 Å². The predicted molar refractivity (Wildman–Crippen MR) is 116 cm³/mol. The van der Waals surface area contributed by atoms with Gasteiger partial charge >= 0.3 is 6.03 Å². The molecule has 0 unspecified atom stereocenters. The molecule has 2 heterocycles. The molecule has 1 aliphatic heterocycles. The van der Waals surface area contributed by atoms with Crippen LogP contribution < -0.4 is 10.2 Å². The fourth-order valence-corrected chi connectivity index (χ4v) is 3.48. The Morgan fingerprint density at radius 1 is 0.933 bits per heavy atom. The van der Waals surface area contributed by atoms with E-state index in [-0.39, 0.29) is 5.57 Å². The van der Waals surface area contributed by atoms with Crippen molar-refractivity contribution in [2.45, 2.75) is 13.8 Å². The van der Waals surface area contributed by atoms with E-state index in [1.54, 1.807) is 31.2 Å². The summed E-state index contributed by atoms with van der Waals surface area (Å²) in [5, 5.41) is 2.66. The Hall–Kier alpha value is -3.64. The van der Waals surface area contributed by atoms with Gasteiger partial charge in [-0.2, -0.15) is 0 Å². The summed E-state index contributed by atoms with van der Waals surface area (Å²) in [6.07, 6.45) is 3.32. The minimum atomic E-state index is -0.804. The van der Waals surface area contributed by atoms with E-state index in [0.29, 0.717) is 22.0 Å². The van der Waals surface area contributed by atoms with Gasteiger partial charge in [0.1, 0.15) is 5.57 Å². The van der Waals surface area contributed by atoms with Gasteiger partial charge in [-0.1, -0.05) is 35.4 Å². The molecule has 3 aromatic rings. The molecule has 1 N–H and O–H groups in total. The van der Waals surface area contributed by atoms with Gasteiger partial charge in [-0.05, 0) is 61.9 Å². The number of halogens is 1. The van der Waals surface area contributed by atoms with Gasteiger partial charge < -0.3 is 4.57 Å². The van der Waals surface area contributed by atoms with Crippen molar-refractivity contribution in [3.63, 3.8) is 0 Å². The lowest BCUT2D eigenvalue weighted by Crippen LogP contribution is -2.54. The molecule has 1 saturated heterocycles. The zero-order valence-electron chi connectivity index (χ0n) is 16.3. The molecule has 6 nitrogen and oxygen atoms in total. The number of rotatable bonds is 3. The van der Waals surface area contributed by atoms with E-state index < -0.39 is 17.8 Å². The second kappa shape index (κ2) is 7.65. The summed E-state index contributed by atoms with van der Waals surface area (Å²) in [6.45, 7) is 3.71. The van der Waals surface area contributed by atoms with E-state index in [1.165, 1.54) is 6.08 Å². The van der Waals surface area contributed by atoms with Crippen molar-refractivity contribution in [1.29, 1.82) is 0 Å². The number of urea groups is 1. The molecule has 1 fully saturated rings. The maximum Gasteiger partial charge on any atom is 0.335 e. The lowest BCUT2D eigenvalue weighted by Gasteiger charge is -2.27. The number of carbonyl (C=O) groups is 3. The van der Waals surface area contributed by atoms with Crippen LogP contribution in [0.4, 0.5) is 10.5 Å². The first kappa shape index (κ1) is 19.7. The monoisotopic (exact) mass is 419 g/mol. The molecule has 1 aliphatic rings. The molecule has 2 aromatic carbocycles. The van der Waals surface area contributed by atoms with Crippen LogP contribution >= 0.6 is 11.6 Å². The summed E-state index contributed by atoms with van der Waals surface area (Å²) in [4.78, 5) is 39.0. The summed E-state index contributed by atoms with van der Waals surface area (Å²) >= 11 is 6.15. The van der Waals surface area contributed by atoms with Crippen molar-refractivity contribution >= 4 is 41.2 Å². The van der Waals surface area contributed by atoms with Crippen LogP contribution in [0.5, 0.6) is 0 Å². The highest BCUT2D eigenvalue weighted by molar-refractivity contribution is 6.39. The highest BCUT2D eigenvalue weighted by Crippen LogP contribution is 2.29. The van der Waals surface area contributed by atoms with Gasteiger partial charge in [-0.3, -0.25) is 14.9 Å². The van der Waals surface area contributed by atoms with Crippen molar-refractivity contribution in [3.8, 4) is 5.69 Å². The average Bonchev–Trinajstić information content (AvgIpc) is 3.17. The van der Waals surface area contributed by atoms with Crippen molar-refractivity contribution in [3.05, 3.63) is 88.2 Å². The van der Waals surface area contributed by atoms with Crippen LogP contribution in [0.3, 0.4) is 0 Å². The Kier molecular flexibility index (Phi) is 5.01. The average molecular weight is 420 g/mol. The van der Waals surface area contributed by atoms with Crippen LogP contribution in [0.1, 0.15) is 16.8 Å². The first-order valence-electron chi connectivity index (χ1n) is 9.28. The zero-order valence-corrected chi connectivity index (χ0v) is 17.1. The second-order valence-electron chi connectivity index (χ2n) is 6.98. The second-order valence-corrected chi connectivity index (χ2v) is 7.39. The van der Waals surface area contributed by atoms with Crippen LogP contribution in [-0.4, -0.2) is 22.4 Å². The third-order valence-electron chi connectivity index (χ3n) is 4.97. The van der Waals surface area contributed by atoms with Crippen molar-refractivity contribution in [1.82, 2.24) is 9.88 Å². The van der Waals surface area contributed by atoms with E-state index in [0.717, 1.165) is 16.2 Å². The van der Waals surface area contributed by atoms with Gasteiger partial charge in [0.15, 0.2) is 0 Å². The van der Waals surface area contributed by atoms with E-state index in [1.807, 2.05) is 48.0 Å². The number of hydrogen-bond donors (Lipinski definition) is 1. The number of nitrogens with zero attached hydrogens (tertiary/aromatic N) is 2. The number of hydrogen-bond acceptors (Lipinski definition) is 3. The molecule has 30 heavy (non-hydrogen) atoms. The quantitative estimate of drug-likeness (QED) is 0.504. The first-order valence-corrected chi connectivity index (χ1v) is 9.65. The number of nitrogens with one attached hydrogen (secondary N) is 1. The van der Waals surface area contributed by atoms with Crippen LogP contribution in [0.25, 0.3) is 11.8 Å². The maximum atomic E-state index is 13.2. The zero-order chi connectivity index (χ0) is 21.4. The van der Waals surface area contributed by atoms with E-state index in [4.69, 9.17) is 11.6 Å². The molecule has 0 aliphatic carbocycles. The predicted octanol–water partition coefficient (Wildman–Crippen LogP) is 4.41. The molecule has 4 rings (SSSR count). The molecule has 0 atom stereocenters. The summed E-state index contributed by atoms with van der Waals surface area (Å²) in [6, 6.07) is 15.6. The fraction of sp³-hybridized carbons (Fsp3) is 0.0870. The van der Waals surface area contributed by atoms with Gasteiger partial charge in [0.05, 0.1) is 5.69 Å². The Labute approximate surface area is 178 Å². The fourth-order valence-electron chi connectivity index (χ4n) is 3.31. The van der Waals surface area contributed by atoms with Crippen molar-refractivity contribution in [2.75, 3.05) is 4.90 Å². The molecular weight excluding hydrogens is 402 g/mol. The molecule has 0 radical (unpaired) electrons. The molecule has 150 valence electrons. The van der Waals surface area contributed by atoms with Gasteiger partial charge in [0.25, 0.3) is 11.8 Å². The Morgan fingerprint density at radius 3 is 2.40 bits per heavy atom. The Balaban J connectivity index is 1.77. The van der Waals surface area contributed by atoms with Gasteiger partial charge in [-0.15, -0.1) is 0 Å². The lowest BCUT2D eigenvalue weighted by atomic mass is 10.1. The largest absolute Gasteiger partial charge is 0.335 e. The van der Waals surface area contributed by atoms with Crippen LogP contribution in [0.15, 0.2) is 66.4 Å². The highest BCUT2D eigenvalue weighted by Gasteiger charge is 2.37. The van der Waals surface area contributed by atoms with E-state index in [9.17, 15) is 14.4 Å². The molecule has 1 aromatic heterocycles. The highest BCUT2D eigenvalue weighted by atomic mass is 35.5. The van der Waals surface area contributed by atoms with Crippen molar-refractivity contribution in [2.24, 2.45) is 0 Å². The van der Waals surface area contributed by atoms with E-state index >= 15 is 0 Å². The van der Waals surface area contributed by atoms with Crippen LogP contribution in [0, 0.1) is 13.8 Å². The normalized spacial score (nSPS) is 15.6. The molecule has 4 amide bonds. The number of imide groups is 2. The molecule has 0 bridgehead atoms. The topological polar surface area (TPSA) is 71.4 Å². The van der Waals surface area contributed by atoms with Gasteiger partial charge in [0, 0.05) is 22.6 Å². The number of aryl methyl sites for hydroxylation is 1. The summed E-state index contributed by atoms with van der Waals surface area (Å²) in [5.74, 6) is -1.44. The summed E-state index contributed by atoms with van der Waals surface area (Å²) in [7, 11) is 0. The number of anilines is 1. The Bertz CT molecular complexity index is 1210. The first-order chi connectivity index (χ1) is 14.4. The third kappa shape index (κ3) is 3.42. The van der Waals surface area contributed by atoms with Gasteiger partial charge in [-0.25, -0.2) is 9.69 Å². The number of amides is 4. The Morgan fingerprint density at radius 2 is 1.67 bits per heavy atom.